The molecule has 0 spiro atoms. The largest absolute Gasteiger partial charge is 0.497 e. The van der Waals surface area contributed by atoms with Gasteiger partial charge in [0.05, 0.1) is 25.5 Å². The van der Waals surface area contributed by atoms with E-state index < -0.39 is 5.97 Å². The minimum Gasteiger partial charge on any atom is -0.497 e. The molecule has 10 heteroatoms. The SMILES string of the molecule is COC(=O)c1ccc(NC(=O)CSc2nnc(-c3ccc(Cl)cc3)n2-c2ccc(OC)cc2)cc1. The fraction of sp³-hybridized carbons (Fsp3) is 0.120. The summed E-state index contributed by atoms with van der Waals surface area (Å²) in [5.41, 5.74) is 2.63. The molecule has 0 fully saturated rings. The van der Waals surface area contributed by atoms with Gasteiger partial charge in [-0.15, -0.1) is 10.2 Å². The van der Waals surface area contributed by atoms with Gasteiger partial charge >= 0.3 is 5.97 Å². The minimum absolute atomic E-state index is 0.105. The highest BCUT2D eigenvalue weighted by molar-refractivity contribution is 7.99. The lowest BCUT2D eigenvalue weighted by molar-refractivity contribution is -0.113. The lowest BCUT2D eigenvalue weighted by Gasteiger charge is -2.11. The normalized spacial score (nSPS) is 10.6. The maximum Gasteiger partial charge on any atom is 0.337 e. The first-order valence-electron chi connectivity index (χ1n) is 10.5. The average Bonchev–Trinajstić information content (AvgIpc) is 3.32. The maximum absolute atomic E-state index is 12.6. The predicted molar refractivity (Wildman–Crippen MR) is 135 cm³/mol. The number of amides is 1. The molecule has 1 amide bonds. The maximum atomic E-state index is 12.6. The third-order valence-electron chi connectivity index (χ3n) is 4.99. The Hall–Kier alpha value is -3.82. The van der Waals surface area contributed by atoms with E-state index in [4.69, 9.17) is 16.3 Å². The molecule has 0 aliphatic heterocycles. The summed E-state index contributed by atoms with van der Waals surface area (Å²) in [7, 11) is 2.92. The van der Waals surface area contributed by atoms with Crippen molar-refractivity contribution in [1.82, 2.24) is 14.8 Å². The van der Waals surface area contributed by atoms with Crippen molar-refractivity contribution < 1.29 is 19.1 Å². The van der Waals surface area contributed by atoms with Crippen LogP contribution in [0.15, 0.2) is 78.0 Å². The van der Waals surface area contributed by atoms with E-state index in [-0.39, 0.29) is 11.7 Å². The molecule has 3 aromatic carbocycles. The number of hydrogen-bond acceptors (Lipinski definition) is 7. The van der Waals surface area contributed by atoms with Gasteiger partial charge < -0.3 is 14.8 Å². The quantitative estimate of drug-likeness (QED) is 0.261. The number of rotatable bonds is 8. The molecule has 0 unspecified atom stereocenters. The van der Waals surface area contributed by atoms with Gasteiger partial charge in [0, 0.05) is 22.0 Å². The van der Waals surface area contributed by atoms with Gasteiger partial charge in [0.1, 0.15) is 5.75 Å². The first kappa shape index (κ1) is 24.3. The first-order chi connectivity index (χ1) is 17.0. The van der Waals surface area contributed by atoms with E-state index in [0.29, 0.717) is 27.3 Å². The molecule has 0 radical (unpaired) electrons. The summed E-state index contributed by atoms with van der Waals surface area (Å²) in [6.45, 7) is 0. The molecule has 1 heterocycles. The first-order valence-corrected chi connectivity index (χ1v) is 11.8. The second-order valence-corrected chi connectivity index (χ2v) is 8.63. The van der Waals surface area contributed by atoms with Crippen molar-refractivity contribution in [3.8, 4) is 22.8 Å². The van der Waals surface area contributed by atoms with Gasteiger partial charge in [-0.1, -0.05) is 23.4 Å². The lowest BCUT2D eigenvalue weighted by Crippen LogP contribution is -2.14. The number of ether oxygens (including phenoxy) is 2. The smallest absolute Gasteiger partial charge is 0.337 e. The zero-order chi connectivity index (χ0) is 24.8. The molecule has 0 saturated heterocycles. The Morgan fingerprint density at radius 3 is 2.26 bits per heavy atom. The number of methoxy groups -OCH3 is 2. The Kier molecular flexibility index (Phi) is 7.69. The number of benzene rings is 3. The molecule has 35 heavy (non-hydrogen) atoms. The van der Waals surface area contributed by atoms with E-state index in [1.165, 1.54) is 18.9 Å². The van der Waals surface area contributed by atoms with E-state index in [2.05, 4.69) is 20.3 Å². The summed E-state index contributed by atoms with van der Waals surface area (Å²) in [4.78, 5) is 24.2. The van der Waals surface area contributed by atoms with Crippen LogP contribution in [0.1, 0.15) is 10.4 Å². The van der Waals surface area contributed by atoms with Crippen molar-refractivity contribution in [3.63, 3.8) is 0 Å². The van der Waals surface area contributed by atoms with Crippen molar-refractivity contribution in [3.05, 3.63) is 83.4 Å². The fourth-order valence-corrected chi connectivity index (χ4v) is 4.13. The van der Waals surface area contributed by atoms with Gasteiger partial charge in [0.15, 0.2) is 11.0 Å². The zero-order valence-electron chi connectivity index (χ0n) is 18.9. The Morgan fingerprint density at radius 2 is 1.63 bits per heavy atom. The van der Waals surface area contributed by atoms with Crippen molar-refractivity contribution in [1.29, 1.82) is 0 Å². The third-order valence-corrected chi connectivity index (χ3v) is 6.17. The molecule has 0 atom stereocenters. The van der Waals surface area contributed by atoms with Gasteiger partial charge in [-0.2, -0.15) is 0 Å². The van der Waals surface area contributed by atoms with Crippen molar-refractivity contribution in [2.75, 3.05) is 25.3 Å². The van der Waals surface area contributed by atoms with Crippen LogP contribution in [0, 0.1) is 0 Å². The number of nitrogens with one attached hydrogen (secondary N) is 1. The fourth-order valence-electron chi connectivity index (χ4n) is 3.25. The number of aromatic nitrogens is 3. The van der Waals surface area contributed by atoms with Crippen molar-refractivity contribution >= 4 is 40.9 Å². The molecule has 8 nitrogen and oxygen atoms in total. The summed E-state index contributed by atoms with van der Waals surface area (Å²) in [5.74, 6) is 0.786. The van der Waals surface area contributed by atoms with E-state index in [0.717, 1.165) is 17.0 Å². The van der Waals surface area contributed by atoms with Crippen LogP contribution in [-0.2, 0) is 9.53 Å². The summed E-state index contributed by atoms with van der Waals surface area (Å²) >= 11 is 7.30. The molecule has 4 aromatic rings. The Bertz CT molecular complexity index is 1320. The summed E-state index contributed by atoms with van der Waals surface area (Å²) in [5, 5.41) is 12.7. The highest BCUT2D eigenvalue weighted by Gasteiger charge is 2.18. The van der Waals surface area contributed by atoms with Crippen LogP contribution in [0.25, 0.3) is 17.1 Å². The van der Waals surface area contributed by atoms with Crippen molar-refractivity contribution in [2.24, 2.45) is 0 Å². The van der Waals surface area contributed by atoms with E-state index in [9.17, 15) is 9.59 Å². The summed E-state index contributed by atoms with van der Waals surface area (Å²) in [6.07, 6.45) is 0. The molecule has 178 valence electrons. The predicted octanol–water partition coefficient (Wildman–Crippen LogP) is 5.11. The number of nitrogens with zero attached hydrogens (tertiary/aromatic N) is 3. The van der Waals surface area contributed by atoms with Gasteiger partial charge in [-0.3, -0.25) is 9.36 Å². The molecule has 0 saturated carbocycles. The number of halogens is 1. The minimum atomic E-state index is -0.437. The molecule has 1 aromatic heterocycles. The third kappa shape index (κ3) is 5.82. The van der Waals surface area contributed by atoms with Crippen LogP contribution in [0.2, 0.25) is 5.02 Å². The molecular weight excluding hydrogens is 488 g/mol. The average molecular weight is 509 g/mol. The topological polar surface area (TPSA) is 95.3 Å². The number of carbonyl (C=O) groups excluding carboxylic acids is 2. The Morgan fingerprint density at radius 1 is 0.943 bits per heavy atom. The van der Waals surface area contributed by atoms with Crippen LogP contribution in [0.5, 0.6) is 5.75 Å². The van der Waals surface area contributed by atoms with Crippen LogP contribution >= 0.6 is 23.4 Å². The standard InChI is InChI=1S/C25H21ClN4O4S/c1-33-21-13-11-20(12-14-21)30-23(16-3-7-18(26)8-4-16)28-29-25(30)35-15-22(31)27-19-9-5-17(6-10-19)24(32)34-2/h3-14H,15H2,1-2H3,(H,27,31). The molecule has 1 N–H and O–H groups in total. The number of anilines is 1. The highest BCUT2D eigenvalue weighted by atomic mass is 35.5. The molecule has 4 rings (SSSR count). The van der Waals surface area contributed by atoms with Crippen LogP contribution < -0.4 is 10.1 Å². The summed E-state index contributed by atoms with van der Waals surface area (Å²) < 4.78 is 11.8. The second-order valence-electron chi connectivity index (χ2n) is 7.25. The van der Waals surface area contributed by atoms with Gasteiger partial charge in [0.2, 0.25) is 5.91 Å². The van der Waals surface area contributed by atoms with Gasteiger partial charge in [0.25, 0.3) is 0 Å². The monoisotopic (exact) mass is 508 g/mol. The number of hydrogen-bond donors (Lipinski definition) is 1. The van der Waals surface area contributed by atoms with Crippen LogP contribution in [-0.4, -0.2) is 46.6 Å². The van der Waals surface area contributed by atoms with Gasteiger partial charge in [-0.25, -0.2) is 4.79 Å². The van der Waals surface area contributed by atoms with E-state index in [1.54, 1.807) is 43.5 Å². The van der Waals surface area contributed by atoms with Gasteiger partial charge in [-0.05, 0) is 72.8 Å². The number of carbonyl (C=O) groups is 2. The van der Waals surface area contributed by atoms with E-state index >= 15 is 0 Å². The highest BCUT2D eigenvalue weighted by Crippen LogP contribution is 2.29. The Balaban J connectivity index is 1.54. The molecule has 0 bridgehead atoms. The molecule has 0 aliphatic carbocycles. The second kappa shape index (κ2) is 11.1. The van der Waals surface area contributed by atoms with Crippen LogP contribution in [0.4, 0.5) is 5.69 Å². The summed E-state index contributed by atoms with van der Waals surface area (Å²) in [6, 6.07) is 21.3. The number of esters is 1. The Labute approximate surface area is 211 Å². The lowest BCUT2D eigenvalue weighted by atomic mass is 10.2. The van der Waals surface area contributed by atoms with Crippen LogP contribution in [0.3, 0.4) is 0 Å². The molecular formula is C25H21ClN4O4S. The molecule has 0 aliphatic rings. The van der Waals surface area contributed by atoms with Crippen molar-refractivity contribution in [2.45, 2.75) is 5.16 Å². The number of thioether (sulfide) groups is 1. The zero-order valence-corrected chi connectivity index (χ0v) is 20.5. The van der Waals surface area contributed by atoms with E-state index in [1.807, 2.05) is 41.0 Å².